The highest BCUT2D eigenvalue weighted by molar-refractivity contribution is 7.86. The van der Waals surface area contributed by atoms with Crippen LogP contribution in [0.25, 0.3) is 21.5 Å². The minimum absolute atomic E-state index is 0.00317. The highest BCUT2D eigenvalue weighted by Crippen LogP contribution is 2.53. The maximum Gasteiger partial charge on any atom is 0.294 e. The lowest BCUT2D eigenvalue weighted by Gasteiger charge is -2.31. The molecular formula is C40H45N2O12S4+. The predicted molar refractivity (Wildman–Crippen MR) is 224 cm³/mol. The number of nitrogens with zero attached hydrogens (tertiary/aromatic N) is 2. The second-order valence-electron chi connectivity index (χ2n) is 15.5. The van der Waals surface area contributed by atoms with Gasteiger partial charge in [0.25, 0.3) is 40.5 Å². The molecule has 1 unspecified atom stereocenters. The number of aryl methyl sites for hydroxylation is 1. The van der Waals surface area contributed by atoms with Gasteiger partial charge in [-0.2, -0.15) is 38.2 Å². The van der Waals surface area contributed by atoms with Crippen molar-refractivity contribution in [3.8, 4) is 0 Å². The molecule has 4 aromatic carbocycles. The number of fused-ring (bicyclic) bond motifs is 6. The van der Waals surface area contributed by atoms with Crippen LogP contribution in [0, 0.1) is 6.92 Å². The molecule has 18 heteroatoms. The minimum atomic E-state index is -4.61. The van der Waals surface area contributed by atoms with Gasteiger partial charge in [-0.25, -0.2) is 0 Å². The number of rotatable bonds is 13. The van der Waals surface area contributed by atoms with Gasteiger partial charge in [-0.05, 0) is 122 Å². The van der Waals surface area contributed by atoms with E-state index in [1.54, 1.807) is 43.4 Å². The molecule has 0 saturated heterocycles. The summed E-state index contributed by atoms with van der Waals surface area (Å²) in [6.07, 6.45) is 9.23. The Hall–Kier alpha value is -4.27. The Morgan fingerprint density at radius 2 is 1.31 bits per heavy atom. The first-order chi connectivity index (χ1) is 26.7. The molecule has 0 fully saturated rings. The van der Waals surface area contributed by atoms with E-state index in [1.165, 1.54) is 24.3 Å². The fourth-order valence-electron chi connectivity index (χ4n) is 8.61. The number of benzene rings is 4. The molecule has 6 rings (SSSR count). The third-order valence-electron chi connectivity index (χ3n) is 11.1. The standard InChI is InChI=1S/C40H44N2O12S4/c1-26-23-29(58(52,53)54)25-32-30(26)16-18-33-37(32)39(2,3)35(41(33)5)11-7-6-8-12-36-40(4,19-9-21-55(43,44)45)38-31-24-28(57(49,50)51)15-13-27(31)14-17-34(38)42(36)20-10-22-56(46,47)48/h6-8,11-18,23-25H,9-10,19-22H2,1-5H3,(H3-,43,44,45,46,47,48,49,50,51,52,53,54)/p+1. The quantitative estimate of drug-likeness (QED) is 0.0639. The Bertz CT molecular complexity index is 2970. The normalized spacial score (nSPS) is 19.4. The molecule has 14 nitrogen and oxygen atoms in total. The van der Waals surface area contributed by atoms with Crippen molar-refractivity contribution in [2.75, 3.05) is 30.0 Å². The van der Waals surface area contributed by atoms with E-state index in [4.69, 9.17) is 0 Å². The minimum Gasteiger partial charge on any atom is -0.344 e. The number of hydrogen-bond donors (Lipinski definition) is 4. The maximum absolute atomic E-state index is 12.2. The summed E-state index contributed by atoms with van der Waals surface area (Å²) in [6, 6.07) is 14.5. The zero-order valence-electron chi connectivity index (χ0n) is 32.4. The van der Waals surface area contributed by atoms with E-state index >= 15 is 0 Å². The summed E-state index contributed by atoms with van der Waals surface area (Å²) in [5.74, 6) is -1.09. The molecule has 0 spiro atoms. The Morgan fingerprint density at radius 3 is 1.95 bits per heavy atom. The van der Waals surface area contributed by atoms with Gasteiger partial charge in [0.2, 0.25) is 5.69 Å². The fourth-order valence-corrected chi connectivity index (χ4v) is 10.7. The van der Waals surface area contributed by atoms with Crippen LogP contribution >= 0.6 is 0 Å². The third kappa shape index (κ3) is 8.42. The molecule has 2 aliphatic rings. The predicted octanol–water partition coefficient (Wildman–Crippen LogP) is 6.52. The molecule has 4 N–H and O–H groups in total. The van der Waals surface area contributed by atoms with Gasteiger partial charge in [0.05, 0.1) is 26.7 Å². The molecule has 0 saturated carbocycles. The van der Waals surface area contributed by atoms with Crippen LogP contribution in [0.1, 0.15) is 56.7 Å². The molecule has 2 aliphatic heterocycles. The largest absolute Gasteiger partial charge is 0.344 e. The third-order valence-corrected chi connectivity index (χ3v) is 14.4. The van der Waals surface area contributed by atoms with Crippen LogP contribution < -0.4 is 4.90 Å². The zero-order valence-corrected chi connectivity index (χ0v) is 35.7. The van der Waals surface area contributed by atoms with Crippen molar-refractivity contribution in [1.29, 1.82) is 0 Å². The van der Waals surface area contributed by atoms with E-state index in [0.717, 1.165) is 22.3 Å². The van der Waals surface area contributed by atoms with E-state index in [2.05, 4.69) is 0 Å². The molecule has 0 amide bonds. The van der Waals surface area contributed by atoms with Gasteiger partial charge in [0, 0.05) is 41.1 Å². The van der Waals surface area contributed by atoms with E-state index in [9.17, 15) is 51.9 Å². The SMILES string of the molecule is Cc1cc(S(=O)(=O)O)cc2c3c(ccc12)[N+](C)=C(C=CC=CC=C1N(CCCS(=O)(=O)O)c2ccc4ccc(S(=O)(=O)O)cc4c2C1(C)CCCS(=O)(=O)O)C3(C)C. The highest BCUT2D eigenvalue weighted by Gasteiger charge is 2.46. The lowest BCUT2D eigenvalue weighted by atomic mass is 9.76. The van der Waals surface area contributed by atoms with Crippen molar-refractivity contribution in [3.05, 3.63) is 107 Å². The molecule has 1 atom stereocenters. The van der Waals surface area contributed by atoms with Crippen molar-refractivity contribution >= 4 is 79.1 Å². The lowest BCUT2D eigenvalue weighted by molar-refractivity contribution is -0.401. The van der Waals surface area contributed by atoms with Crippen molar-refractivity contribution in [2.24, 2.45) is 0 Å². The molecule has 2 heterocycles. The maximum atomic E-state index is 12.2. The second kappa shape index (κ2) is 15.1. The first-order valence-electron chi connectivity index (χ1n) is 18.2. The molecule has 0 radical (unpaired) electrons. The lowest BCUT2D eigenvalue weighted by Crippen LogP contribution is -2.30. The van der Waals surface area contributed by atoms with Gasteiger partial charge in [-0.3, -0.25) is 18.2 Å². The molecule has 310 valence electrons. The summed E-state index contributed by atoms with van der Waals surface area (Å²) < 4.78 is 137. The molecule has 0 aromatic heterocycles. The van der Waals surface area contributed by atoms with Crippen LogP contribution in [0.2, 0.25) is 0 Å². The molecule has 4 aromatic rings. The average Bonchev–Trinajstić information content (AvgIpc) is 3.44. The Morgan fingerprint density at radius 1 is 0.690 bits per heavy atom. The van der Waals surface area contributed by atoms with Crippen LogP contribution in [0.5, 0.6) is 0 Å². The van der Waals surface area contributed by atoms with Gasteiger partial charge in [0.1, 0.15) is 7.05 Å². The number of hydrogen-bond acceptors (Lipinski definition) is 9. The molecule has 58 heavy (non-hydrogen) atoms. The smallest absolute Gasteiger partial charge is 0.294 e. The van der Waals surface area contributed by atoms with Gasteiger partial charge in [0.15, 0.2) is 5.71 Å². The fraction of sp³-hybridized carbons (Fsp3) is 0.325. The Kier molecular flexibility index (Phi) is 11.3. The van der Waals surface area contributed by atoms with Crippen molar-refractivity contribution < 1.29 is 56.5 Å². The number of anilines is 1. The van der Waals surface area contributed by atoms with E-state index in [-0.39, 0.29) is 35.6 Å². The van der Waals surface area contributed by atoms with Gasteiger partial charge < -0.3 is 4.90 Å². The summed E-state index contributed by atoms with van der Waals surface area (Å²) in [6.45, 7) is 7.77. The van der Waals surface area contributed by atoms with Crippen LogP contribution in [0.4, 0.5) is 11.4 Å². The first kappa shape index (κ1) is 43.3. The number of allylic oxidation sites excluding steroid dienone is 6. The Labute approximate surface area is 338 Å². The van der Waals surface area contributed by atoms with Crippen LogP contribution in [-0.4, -0.2) is 87.3 Å². The molecule has 0 aliphatic carbocycles. The monoisotopic (exact) mass is 873 g/mol. The topological polar surface area (TPSA) is 224 Å². The Balaban J connectivity index is 1.44. The summed E-state index contributed by atoms with van der Waals surface area (Å²) in [7, 11) is -15.8. The summed E-state index contributed by atoms with van der Waals surface area (Å²) >= 11 is 0. The van der Waals surface area contributed by atoms with Crippen molar-refractivity contribution in [2.45, 2.75) is 67.6 Å². The second-order valence-corrected chi connectivity index (χ2v) is 21.5. The van der Waals surface area contributed by atoms with Crippen LogP contribution in [0.15, 0.2) is 100 Å². The van der Waals surface area contributed by atoms with Gasteiger partial charge in [-0.1, -0.05) is 30.4 Å². The summed E-state index contributed by atoms with van der Waals surface area (Å²) in [5.41, 5.74) is 3.50. The summed E-state index contributed by atoms with van der Waals surface area (Å²) in [5, 5.41) is 2.64. The summed E-state index contributed by atoms with van der Waals surface area (Å²) in [4.78, 5) is 1.30. The highest BCUT2D eigenvalue weighted by atomic mass is 32.2. The average molecular weight is 874 g/mol. The van der Waals surface area contributed by atoms with E-state index in [0.29, 0.717) is 38.7 Å². The first-order valence-corrected chi connectivity index (χ1v) is 24.3. The van der Waals surface area contributed by atoms with Crippen LogP contribution in [-0.2, 0) is 51.3 Å². The van der Waals surface area contributed by atoms with Crippen molar-refractivity contribution in [3.63, 3.8) is 0 Å². The van der Waals surface area contributed by atoms with Crippen LogP contribution in [0.3, 0.4) is 0 Å². The van der Waals surface area contributed by atoms with E-state index in [1.807, 2.05) is 61.6 Å². The zero-order chi connectivity index (χ0) is 42.8. The van der Waals surface area contributed by atoms with E-state index < -0.39 is 62.8 Å². The van der Waals surface area contributed by atoms with Crippen molar-refractivity contribution in [1.82, 2.24) is 0 Å². The van der Waals surface area contributed by atoms with Gasteiger partial charge >= 0.3 is 0 Å². The molecule has 0 bridgehead atoms. The molecular weight excluding hydrogens is 829 g/mol. The van der Waals surface area contributed by atoms with Gasteiger partial charge in [-0.15, -0.1) is 0 Å².